The van der Waals surface area contributed by atoms with Gasteiger partial charge < -0.3 is 14.8 Å². The van der Waals surface area contributed by atoms with E-state index in [1.165, 1.54) is 12.7 Å². The third-order valence-corrected chi connectivity index (χ3v) is 3.34. The van der Waals surface area contributed by atoms with Crippen molar-refractivity contribution in [2.45, 2.75) is 38.3 Å². The molecule has 1 aromatic carbocycles. The summed E-state index contributed by atoms with van der Waals surface area (Å²) in [5, 5.41) is 3.11. The number of benzene rings is 1. The molecular formula is C15H22ClNO3. The van der Waals surface area contributed by atoms with Crippen molar-refractivity contribution in [2.24, 2.45) is 0 Å². The summed E-state index contributed by atoms with van der Waals surface area (Å²) in [4.78, 5) is 11.4. The Morgan fingerprint density at radius 2 is 2.05 bits per heavy atom. The van der Waals surface area contributed by atoms with Crippen LogP contribution in [0.4, 0.5) is 0 Å². The van der Waals surface area contributed by atoms with Crippen molar-refractivity contribution in [2.75, 3.05) is 13.7 Å². The minimum absolute atomic E-state index is 0. The fourth-order valence-corrected chi connectivity index (χ4v) is 2.33. The van der Waals surface area contributed by atoms with E-state index in [1.54, 1.807) is 0 Å². The number of carbonyl (C=O) groups is 1. The first-order chi connectivity index (χ1) is 9.22. The smallest absolute Gasteiger partial charge is 0.323 e. The number of methoxy groups -OCH3 is 1. The average molecular weight is 300 g/mol. The Bertz CT molecular complexity index is 422. The Hall–Kier alpha value is -1.26. The molecule has 2 atom stereocenters. The number of esters is 1. The normalized spacial score (nSPS) is 21.1. The van der Waals surface area contributed by atoms with Crippen LogP contribution in [0.25, 0.3) is 0 Å². The van der Waals surface area contributed by atoms with Crippen molar-refractivity contribution < 1.29 is 14.3 Å². The van der Waals surface area contributed by atoms with Crippen LogP contribution in [-0.2, 0) is 16.0 Å². The summed E-state index contributed by atoms with van der Waals surface area (Å²) < 4.78 is 10.6. The number of hydrogen-bond donors (Lipinski definition) is 1. The average Bonchev–Trinajstić information content (AvgIpc) is 2.89. The van der Waals surface area contributed by atoms with E-state index in [2.05, 4.69) is 24.4 Å². The summed E-state index contributed by atoms with van der Waals surface area (Å²) >= 11 is 0. The van der Waals surface area contributed by atoms with Crippen LogP contribution in [0.5, 0.6) is 5.75 Å². The van der Waals surface area contributed by atoms with E-state index in [0.717, 1.165) is 18.6 Å². The fourth-order valence-electron chi connectivity index (χ4n) is 2.33. The molecule has 0 saturated carbocycles. The number of hydrogen-bond acceptors (Lipinski definition) is 4. The first-order valence-corrected chi connectivity index (χ1v) is 6.79. The molecule has 4 nitrogen and oxygen atoms in total. The number of carbonyl (C=O) groups excluding carboxylic acids is 1. The molecule has 1 N–H and O–H groups in total. The highest BCUT2D eigenvalue weighted by atomic mass is 35.5. The van der Waals surface area contributed by atoms with Gasteiger partial charge in [0.15, 0.2) is 0 Å². The second kappa shape index (κ2) is 8.12. The standard InChI is InChI=1S/C15H21NO3.ClH/c1-3-4-11-5-7-12(8-6-11)19-13-9-14(16-10-13)15(17)18-2;/h5-8,13-14,16H,3-4,9-10H2,1-2H3;1H/t13-,14-;/m0./s1. The Kier molecular flexibility index (Phi) is 6.82. The number of aryl methyl sites for hydroxylation is 1. The lowest BCUT2D eigenvalue weighted by Gasteiger charge is -2.13. The zero-order valence-electron chi connectivity index (χ0n) is 11.9. The Morgan fingerprint density at radius 3 is 2.65 bits per heavy atom. The van der Waals surface area contributed by atoms with Crippen LogP contribution in [-0.4, -0.2) is 31.8 Å². The van der Waals surface area contributed by atoms with Gasteiger partial charge in [0, 0.05) is 13.0 Å². The molecular weight excluding hydrogens is 278 g/mol. The molecule has 5 heteroatoms. The lowest BCUT2D eigenvalue weighted by Crippen LogP contribution is -2.31. The third-order valence-electron chi connectivity index (χ3n) is 3.34. The summed E-state index contributed by atoms with van der Waals surface area (Å²) in [6.07, 6.45) is 2.92. The molecule has 0 aliphatic carbocycles. The van der Waals surface area contributed by atoms with Crippen LogP contribution in [0.2, 0.25) is 0 Å². The van der Waals surface area contributed by atoms with Crippen molar-refractivity contribution in [1.29, 1.82) is 0 Å². The highest BCUT2D eigenvalue weighted by Crippen LogP contribution is 2.19. The Labute approximate surface area is 126 Å². The van der Waals surface area contributed by atoms with Crippen LogP contribution in [0.15, 0.2) is 24.3 Å². The Balaban J connectivity index is 0.00000200. The first kappa shape index (κ1) is 16.8. The van der Waals surface area contributed by atoms with Gasteiger partial charge in [0.1, 0.15) is 17.9 Å². The third kappa shape index (κ3) is 4.39. The number of rotatable bonds is 5. The SMILES string of the molecule is CCCc1ccc(O[C@@H]2CN[C@H](C(=O)OC)C2)cc1.Cl. The molecule has 2 rings (SSSR count). The van der Waals surface area contributed by atoms with Crippen molar-refractivity contribution in [3.8, 4) is 5.75 Å². The summed E-state index contributed by atoms with van der Waals surface area (Å²) in [7, 11) is 1.41. The quantitative estimate of drug-likeness (QED) is 0.848. The molecule has 0 spiro atoms. The second-order valence-corrected chi connectivity index (χ2v) is 4.85. The molecule has 0 unspecified atom stereocenters. The van der Waals surface area contributed by atoms with Gasteiger partial charge in [-0.2, -0.15) is 0 Å². The summed E-state index contributed by atoms with van der Waals surface area (Å²) in [5.41, 5.74) is 1.33. The highest BCUT2D eigenvalue weighted by molar-refractivity contribution is 5.85. The first-order valence-electron chi connectivity index (χ1n) is 6.79. The van der Waals surface area contributed by atoms with Gasteiger partial charge in [-0.25, -0.2) is 0 Å². The molecule has 1 saturated heterocycles. The van der Waals surface area contributed by atoms with E-state index in [4.69, 9.17) is 9.47 Å². The number of ether oxygens (including phenoxy) is 2. The summed E-state index contributed by atoms with van der Waals surface area (Å²) in [5.74, 6) is 0.640. The van der Waals surface area contributed by atoms with Gasteiger partial charge in [0.2, 0.25) is 0 Å². The zero-order valence-corrected chi connectivity index (χ0v) is 12.7. The maximum Gasteiger partial charge on any atom is 0.323 e. The minimum atomic E-state index is -0.241. The predicted molar refractivity (Wildman–Crippen MR) is 80.5 cm³/mol. The van der Waals surface area contributed by atoms with Crippen molar-refractivity contribution in [1.82, 2.24) is 5.32 Å². The minimum Gasteiger partial charge on any atom is -0.489 e. The largest absolute Gasteiger partial charge is 0.489 e. The van der Waals surface area contributed by atoms with Gasteiger partial charge in [0.25, 0.3) is 0 Å². The molecule has 1 heterocycles. The monoisotopic (exact) mass is 299 g/mol. The van der Waals surface area contributed by atoms with Crippen molar-refractivity contribution in [3.63, 3.8) is 0 Å². The van der Waals surface area contributed by atoms with E-state index in [0.29, 0.717) is 13.0 Å². The van der Waals surface area contributed by atoms with E-state index in [-0.39, 0.29) is 30.5 Å². The lowest BCUT2D eigenvalue weighted by atomic mass is 10.1. The van der Waals surface area contributed by atoms with Crippen molar-refractivity contribution in [3.05, 3.63) is 29.8 Å². The van der Waals surface area contributed by atoms with Gasteiger partial charge in [-0.05, 0) is 24.1 Å². The summed E-state index contributed by atoms with van der Waals surface area (Å²) in [6, 6.07) is 7.94. The predicted octanol–water partition coefficient (Wildman–Crippen LogP) is 2.34. The lowest BCUT2D eigenvalue weighted by molar-refractivity contribution is -0.142. The fraction of sp³-hybridized carbons (Fsp3) is 0.533. The topological polar surface area (TPSA) is 47.6 Å². The maximum atomic E-state index is 11.4. The molecule has 1 aliphatic rings. The molecule has 20 heavy (non-hydrogen) atoms. The maximum absolute atomic E-state index is 11.4. The van der Waals surface area contributed by atoms with Crippen LogP contribution in [0.3, 0.4) is 0 Å². The molecule has 0 radical (unpaired) electrons. The molecule has 0 amide bonds. The van der Waals surface area contributed by atoms with Gasteiger partial charge >= 0.3 is 5.97 Å². The van der Waals surface area contributed by atoms with E-state index >= 15 is 0 Å². The molecule has 1 aliphatic heterocycles. The van der Waals surface area contributed by atoms with Crippen molar-refractivity contribution >= 4 is 18.4 Å². The van der Waals surface area contributed by atoms with Crippen LogP contribution >= 0.6 is 12.4 Å². The van der Waals surface area contributed by atoms with Gasteiger partial charge in [-0.1, -0.05) is 25.5 Å². The Morgan fingerprint density at radius 1 is 1.35 bits per heavy atom. The molecule has 0 aromatic heterocycles. The van der Waals surface area contributed by atoms with Gasteiger partial charge in [0.05, 0.1) is 7.11 Å². The molecule has 1 aromatic rings. The van der Waals surface area contributed by atoms with E-state index < -0.39 is 0 Å². The van der Waals surface area contributed by atoms with Crippen LogP contribution in [0, 0.1) is 0 Å². The highest BCUT2D eigenvalue weighted by Gasteiger charge is 2.31. The van der Waals surface area contributed by atoms with E-state index in [1.807, 2.05) is 12.1 Å². The van der Waals surface area contributed by atoms with E-state index in [9.17, 15) is 4.79 Å². The van der Waals surface area contributed by atoms with Crippen LogP contribution in [0.1, 0.15) is 25.3 Å². The molecule has 0 bridgehead atoms. The number of nitrogens with one attached hydrogen (secondary N) is 1. The molecule has 112 valence electrons. The second-order valence-electron chi connectivity index (χ2n) is 4.85. The number of halogens is 1. The van der Waals surface area contributed by atoms with Gasteiger partial charge in [-0.3, -0.25) is 4.79 Å². The zero-order chi connectivity index (χ0) is 13.7. The summed E-state index contributed by atoms with van der Waals surface area (Å²) in [6.45, 7) is 2.85. The van der Waals surface area contributed by atoms with Gasteiger partial charge in [-0.15, -0.1) is 12.4 Å². The van der Waals surface area contributed by atoms with Crippen LogP contribution < -0.4 is 10.1 Å². The molecule has 1 fully saturated rings.